The Kier molecular flexibility index (Phi) is 7.32. The zero-order chi connectivity index (χ0) is 12.4. The fourth-order valence-electron chi connectivity index (χ4n) is 0.914. The summed E-state index contributed by atoms with van der Waals surface area (Å²) >= 11 is 0. The molecule has 0 aromatic rings. The molecule has 4 nitrogen and oxygen atoms in total. The summed E-state index contributed by atoms with van der Waals surface area (Å²) in [5.41, 5.74) is 0.555. The maximum absolute atomic E-state index is 11.7. The molecule has 0 fully saturated rings. The monoisotopic (exact) mass is 219 g/mol. The molecule has 0 atom stereocenters. The molecule has 0 aromatic carbocycles. The Labute approximate surface area is 96.2 Å². The number of hydrogen-bond donors (Lipinski definition) is 1. The first-order valence-electron chi connectivity index (χ1n) is 4.95. The second kappa shape index (κ2) is 8.35. The van der Waals surface area contributed by atoms with Crippen LogP contribution < -0.4 is 5.32 Å². The highest BCUT2D eigenvalue weighted by molar-refractivity contribution is 6.07. The van der Waals surface area contributed by atoms with Crippen molar-refractivity contribution in [3.8, 4) is 0 Å². The van der Waals surface area contributed by atoms with Gasteiger partial charge in [0.1, 0.15) is 0 Å². The van der Waals surface area contributed by atoms with Crippen LogP contribution in [0.15, 0.2) is 46.1 Å². The van der Waals surface area contributed by atoms with Crippen LogP contribution in [0.2, 0.25) is 0 Å². The Morgan fingerprint density at radius 2 is 1.94 bits per heavy atom. The molecule has 0 saturated carbocycles. The van der Waals surface area contributed by atoms with Crippen molar-refractivity contribution in [2.24, 2.45) is 9.98 Å². The molecule has 0 unspecified atom stereocenters. The van der Waals surface area contributed by atoms with Gasteiger partial charge in [-0.3, -0.25) is 10.1 Å². The molecule has 4 heteroatoms. The summed E-state index contributed by atoms with van der Waals surface area (Å²) < 4.78 is 0. The van der Waals surface area contributed by atoms with Gasteiger partial charge in [-0.1, -0.05) is 24.3 Å². The van der Waals surface area contributed by atoms with Gasteiger partial charge < -0.3 is 0 Å². The molecule has 1 amide bonds. The van der Waals surface area contributed by atoms with Crippen LogP contribution in [0, 0.1) is 0 Å². The Hall–Kier alpha value is -1.97. The van der Waals surface area contributed by atoms with Crippen LogP contribution >= 0.6 is 0 Å². The number of carbonyl (C=O) groups is 1. The van der Waals surface area contributed by atoms with Crippen molar-refractivity contribution in [2.45, 2.75) is 20.8 Å². The summed E-state index contributed by atoms with van der Waals surface area (Å²) in [6.45, 7) is 8.79. The Morgan fingerprint density at radius 3 is 2.38 bits per heavy atom. The fraction of sp³-hybridized carbons (Fsp3) is 0.250. The largest absolute Gasteiger partial charge is 0.290 e. The molecule has 16 heavy (non-hydrogen) atoms. The summed E-state index contributed by atoms with van der Waals surface area (Å²) in [5.74, 6) is -0.0665. The molecule has 0 saturated heterocycles. The van der Waals surface area contributed by atoms with Gasteiger partial charge in [0.25, 0.3) is 5.91 Å². The molecule has 0 rings (SSSR count). The maximum Gasteiger partial charge on any atom is 0.257 e. The molecule has 1 N–H and O–H groups in total. The van der Waals surface area contributed by atoms with Crippen molar-refractivity contribution >= 4 is 18.6 Å². The lowest BCUT2D eigenvalue weighted by Crippen LogP contribution is -2.29. The number of nitrogens with one attached hydrogen (secondary N) is 1. The average molecular weight is 219 g/mol. The molecule has 0 radical (unpaired) electrons. The first-order valence-corrected chi connectivity index (χ1v) is 4.95. The first kappa shape index (κ1) is 14.0. The van der Waals surface area contributed by atoms with Crippen LogP contribution in [0.25, 0.3) is 0 Å². The summed E-state index contributed by atoms with van der Waals surface area (Å²) in [5, 5.41) is 2.55. The lowest BCUT2D eigenvalue weighted by molar-refractivity contribution is -0.115. The van der Waals surface area contributed by atoms with Crippen LogP contribution in [-0.4, -0.2) is 18.6 Å². The second-order valence-electron chi connectivity index (χ2n) is 2.79. The van der Waals surface area contributed by atoms with E-state index >= 15 is 0 Å². The molecular formula is C12H17N3O. The van der Waals surface area contributed by atoms with Crippen molar-refractivity contribution in [1.82, 2.24) is 5.32 Å². The topological polar surface area (TPSA) is 53.8 Å². The van der Waals surface area contributed by atoms with Crippen LogP contribution in [0.1, 0.15) is 20.8 Å². The molecule has 0 spiro atoms. The lowest BCUT2D eigenvalue weighted by atomic mass is 10.2. The van der Waals surface area contributed by atoms with E-state index in [-0.39, 0.29) is 11.9 Å². The number of allylic oxidation sites excluding steroid dienone is 3. The molecule has 0 bridgehead atoms. The molecular weight excluding hydrogens is 202 g/mol. The third kappa shape index (κ3) is 5.05. The van der Waals surface area contributed by atoms with Gasteiger partial charge in [0.05, 0.1) is 0 Å². The smallest absolute Gasteiger partial charge is 0.257 e. The number of hydrogen-bond acceptors (Lipinski definition) is 2. The van der Waals surface area contributed by atoms with Gasteiger partial charge in [0.15, 0.2) is 0 Å². The summed E-state index contributed by atoms with van der Waals surface area (Å²) in [6.07, 6.45) is 8.49. The van der Waals surface area contributed by atoms with E-state index in [4.69, 9.17) is 0 Å². The van der Waals surface area contributed by atoms with E-state index in [0.29, 0.717) is 5.57 Å². The maximum atomic E-state index is 11.7. The van der Waals surface area contributed by atoms with E-state index in [1.54, 1.807) is 31.2 Å². The fourth-order valence-corrected chi connectivity index (χ4v) is 0.914. The SMILES string of the molecule is C=NC(=N/C=C\C)NC(=O)C(/C=C\C)=C/C. The third-order valence-electron chi connectivity index (χ3n) is 1.64. The molecule has 0 heterocycles. The highest BCUT2D eigenvalue weighted by atomic mass is 16.1. The van der Waals surface area contributed by atoms with Gasteiger partial charge in [-0.05, 0) is 27.5 Å². The molecule has 0 aliphatic carbocycles. The Bertz CT molecular complexity index is 362. The van der Waals surface area contributed by atoms with E-state index < -0.39 is 0 Å². The van der Waals surface area contributed by atoms with Crippen LogP contribution in [-0.2, 0) is 4.79 Å². The highest BCUT2D eigenvalue weighted by Crippen LogP contribution is 1.97. The number of aliphatic imine (C=N–C) groups is 2. The van der Waals surface area contributed by atoms with Crippen molar-refractivity contribution < 1.29 is 4.79 Å². The quantitative estimate of drug-likeness (QED) is 0.336. The van der Waals surface area contributed by atoms with E-state index in [1.165, 1.54) is 6.20 Å². The molecule has 0 aliphatic heterocycles. The summed E-state index contributed by atoms with van der Waals surface area (Å²) in [6, 6.07) is 0. The van der Waals surface area contributed by atoms with Crippen molar-refractivity contribution in [2.75, 3.05) is 0 Å². The van der Waals surface area contributed by atoms with Gasteiger partial charge in [-0.25, -0.2) is 9.98 Å². The van der Waals surface area contributed by atoms with Gasteiger partial charge >= 0.3 is 0 Å². The van der Waals surface area contributed by atoms with Gasteiger partial charge in [0, 0.05) is 11.8 Å². The molecule has 86 valence electrons. The normalized spacial score (nSPS) is 13.4. The zero-order valence-electron chi connectivity index (χ0n) is 9.90. The average Bonchev–Trinajstić information content (AvgIpc) is 2.30. The minimum absolute atomic E-state index is 0.187. The first-order chi connectivity index (χ1) is 7.69. The zero-order valence-corrected chi connectivity index (χ0v) is 9.90. The predicted molar refractivity (Wildman–Crippen MR) is 68.5 cm³/mol. The van der Waals surface area contributed by atoms with E-state index in [1.807, 2.05) is 13.8 Å². The van der Waals surface area contributed by atoms with Gasteiger partial charge in [-0.15, -0.1) is 0 Å². The Balaban J connectivity index is 4.71. The van der Waals surface area contributed by atoms with Crippen molar-refractivity contribution in [3.05, 3.63) is 36.1 Å². The van der Waals surface area contributed by atoms with E-state index in [0.717, 1.165) is 0 Å². The standard InChI is InChI=1S/C12H17N3O/c1-5-8-10(7-3)11(16)15-12(13-4)14-9-6-2/h5-9H,4H2,1-3H3,(H,14,15,16)/b8-5-,9-6-,10-7+. The van der Waals surface area contributed by atoms with Gasteiger partial charge in [0.2, 0.25) is 5.96 Å². The summed E-state index contributed by atoms with van der Waals surface area (Å²) in [4.78, 5) is 19.2. The van der Waals surface area contributed by atoms with Crippen LogP contribution in [0.4, 0.5) is 0 Å². The number of nitrogens with zero attached hydrogens (tertiary/aromatic N) is 2. The minimum atomic E-state index is -0.253. The van der Waals surface area contributed by atoms with Crippen molar-refractivity contribution in [1.29, 1.82) is 0 Å². The summed E-state index contributed by atoms with van der Waals surface area (Å²) in [7, 11) is 0. The van der Waals surface area contributed by atoms with Crippen LogP contribution in [0.3, 0.4) is 0 Å². The van der Waals surface area contributed by atoms with Gasteiger partial charge in [-0.2, -0.15) is 0 Å². The number of rotatable bonds is 3. The number of guanidine groups is 1. The minimum Gasteiger partial charge on any atom is -0.290 e. The predicted octanol–water partition coefficient (Wildman–Crippen LogP) is 2.22. The number of amides is 1. The Morgan fingerprint density at radius 1 is 1.25 bits per heavy atom. The van der Waals surface area contributed by atoms with E-state index in [9.17, 15) is 4.79 Å². The highest BCUT2D eigenvalue weighted by Gasteiger charge is 2.06. The van der Waals surface area contributed by atoms with Crippen LogP contribution in [0.5, 0.6) is 0 Å². The third-order valence-corrected chi connectivity index (χ3v) is 1.64. The molecule has 0 aromatic heterocycles. The van der Waals surface area contributed by atoms with E-state index in [2.05, 4.69) is 22.0 Å². The molecule has 0 aliphatic rings. The number of carbonyl (C=O) groups excluding carboxylic acids is 1. The lowest BCUT2D eigenvalue weighted by Gasteiger charge is -2.03. The van der Waals surface area contributed by atoms with Crippen molar-refractivity contribution in [3.63, 3.8) is 0 Å². The second-order valence-corrected chi connectivity index (χ2v) is 2.79.